The maximum Gasteiger partial charge on any atom is 0.214 e. The monoisotopic (exact) mass is 231 g/mol. The highest BCUT2D eigenvalue weighted by Crippen LogP contribution is 2.51. The minimum absolute atomic E-state index is 0.119. The fourth-order valence-corrected chi connectivity index (χ4v) is 5.32. The Hall–Kier alpha value is -0.0900. The summed E-state index contributed by atoms with van der Waals surface area (Å²) in [6.45, 7) is 0. The number of hydrogen-bond donors (Lipinski definition) is 1. The van der Waals surface area contributed by atoms with Crippen LogP contribution in [-0.2, 0) is 10.0 Å². The zero-order valence-corrected chi connectivity index (χ0v) is 10.3. The van der Waals surface area contributed by atoms with E-state index in [0.29, 0.717) is 0 Å². The highest BCUT2D eigenvalue weighted by atomic mass is 32.2. The standard InChI is InChI=1S/C11H21NO2S/c1-12-15(13,14)10-6-2-3-7-11(10)8-4-5-9-11/h10,12H,2-9H2,1H3. The van der Waals surface area contributed by atoms with Crippen molar-refractivity contribution in [3.63, 3.8) is 0 Å². The summed E-state index contributed by atoms with van der Waals surface area (Å²) in [5, 5.41) is -0.119. The topological polar surface area (TPSA) is 46.2 Å². The molecule has 1 spiro atoms. The molecule has 2 rings (SSSR count). The quantitative estimate of drug-likeness (QED) is 0.790. The van der Waals surface area contributed by atoms with Crippen LogP contribution in [0.15, 0.2) is 0 Å². The lowest BCUT2D eigenvalue weighted by Gasteiger charge is -2.40. The third-order valence-corrected chi connectivity index (χ3v) is 6.39. The van der Waals surface area contributed by atoms with Crippen molar-refractivity contribution in [1.82, 2.24) is 4.72 Å². The minimum atomic E-state index is -3.06. The molecule has 0 radical (unpaired) electrons. The molecule has 0 saturated heterocycles. The molecule has 2 aliphatic carbocycles. The average Bonchev–Trinajstić information content (AvgIpc) is 2.67. The van der Waals surface area contributed by atoms with Crippen molar-refractivity contribution in [2.24, 2.45) is 5.41 Å². The summed E-state index contributed by atoms with van der Waals surface area (Å²) in [7, 11) is -1.51. The van der Waals surface area contributed by atoms with Gasteiger partial charge in [-0.1, -0.05) is 25.7 Å². The Balaban J connectivity index is 2.27. The first-order chi connectivity index (χ1) is 7.11. The number of nitrogens with one attached hydrogen (secondary N) is 1. The summed E-state index contributed by atoms with van der Waals surface area (Å²) in [4.78, 5) is 0. The van der Waals surface area contributed by atoms with E-state index in [4.69, 9.17) is 0 Å². The molecule has 2 fully saturated rings. The highest BCUT2D eigenvalue weighted by molar-refractivity contribution is 7.90. The summed E-state index contributed by atoms with van der Waals surface area (Å²) >= 11 is 0. The van der Waals surface area contributed by atoms with Crippen molar-refractivity contribution >= 4 is 10.0 Å². The molecule has 1 unspecified atom stereocenters. The van der Waals surface area contributed by atoms with Crippen LogP contribution in [0.5, 0.6) is 0 Å². The van der Waals surface area contributed by atoms with E-state index in [1.807, 2.05) is 0 Å². The van der Waals surface area contributed by atoms with Crippen LogP contribution in [0.1, 0.15) is 51.4 Å². The SMILES string of the molecule is CNS(=O)(=O)C1CCCCC12CCCC2. The molecule has 0 aromatic carbocycles. The maximum atomic E-state index is 12.0. The Bertz CT molecular complexity index is 317. The van der Waals surface area contributed by atoms with Crippen molar-refractivity contribution in [2.75, 3.05) is 7.05 Å². The first-order valence-electron chi connectivity index (χ1n) is 6.03. The number of hydrogen-bond acceptors (Lipinski definition) is 2. The molecular formula is C11H21NO2S. The van der Waals surface area contributed by atoms with E-state index in [0.717, 1.165) is 32.1 Å². The molecule has 15 heavy (non-hydrogen) atoms. The molecule has 3 nitrogen and oxygen atoms in total. The van der Waals surface area contributed by atoms with Gasteiger partial charge < -0.3 is 0 Å². The van der Waals surface area contributed by atoms with Crippen LogP contribution in [0, 0.1) is 5.41 Å². The Labute approximate surface area is 92.7 Å². The molecule has 2 aliphatic rings. The Morgan fingerprint density at radius 3 is 2.13 bits per heavy atom. The fourth-order valence-electron chi connectivity index (χ4n) is 3.55. The minimum Gasteiger partial charge on any atom is -0.218 e. The van der Waals surface area contributed by atoms with E-state index in [2.05, 4.69) is 4.72 Å². The average molecular weight is 231 g/mol. The second kappa shape index (κ2) is 4.06. The largest absolute Gasteiger partial charge is 0.218 e. The van der Waals surface area contributed by atoms with Gasteiger partial charge in [-0.25, -0.2) is 13.1 Å². The van der Waals surface area contributed by atoms with Crippen LogP contribution >= 0.6 is 0 Å². The summed E-state index contributed by atoms with van der Waals surface area (Å²) in [5.41, 5.74) is 0.125. The van der Waals surface area contributed by atoms with Crippen molar-refractivity contribution in [2.45, 2.75) is 56.6 Å². The third-order valence-electron chi connectivity index (χ3n) is 4.33. The van der Waals surface area contributed by atoms with Gasteiger partial charge in [-0.15, -0.1) is 0 Å². The van der Waals surface area contributed by atoms with Crippen molar-refractivity contribution in [3.05, 3.63) is 0 Å². The van der Waals surface area contributed by atoms with Gasteiger partial charge >= 0.3 is 0 Å². The van der Waals surface area contributed by atoms with Crippen molar-refractivity contribution in [1.29, 1.82) is 0 Å². The molecule has 1 atom stereocenters. The Morgan fingerprint density at radius 1 is 1.07 bits per heavy atom. The lowest BCUT2D eigenvalue weighted by molar-refractivity contribution is 0.200. The third kappa shape index (κ3) is 1.94. The van der Waals surface area contributed by atoms with E-state index < -0.39 is 10.0 Å². The molecule has 0 amide bonds. The summed E-state index contributed by atoms with van der Waals surface area (Å²) < 4.78 is 26.5. The van der Waals surface area contributed by atoms with Crippen LogP contribution in [0.3, 0.4) is 0 Å². The van der Waals surface area contributed by atoms with E-state index in [-0.39, 0.29) is 10.7 Å². The molecule has 0 heterocycles. The zero-order chi connectivity index (χ0) is 10.9. The predicted octanol–water partition coefficient (Wildman–Crippen LogP) is 2.04. The fraction of sp³-hybridized carbons (Fsp3) is 1.00. The number of rotatable bonds is 2. The lowest BCUT2D eigenvalue weighted by Crippen LogP contribution is -2.45. The lowest BCUT2D eigenvalue weighted by atomic mass is 9.72. The van der Waals surface area contributed by atoms with Gasteiger partial charge in [-0.05, 0) is 38.1 Å². The first-order valence-corrected chi connectivity index (χ1v) is 7.58. The second-order valence-electron chi connectivity index (χ2n) is 5.05. The molecule has 0 aromatic rings. The summed E-state index contributed by atoms with van der Waals surface area (Å²) in [6.07, 6.45) is 8.97. The highest BCUT2D eigenvalue weighted by Gasteiger charge is 2.48. The predicted molar refractivity (Wildman–Crippen MR) is 61.1 cm³/mol. The molecule has 1 N–H and O–H groups in total. The van der Waals surface area contributed by atoms with Gasteiger partial charge in [0.1, 0.15) is 0 Å². The second-order valence-corrected chi connectivity index (χ2v) is 7.12. The van der Waals surface area contributed by atoms with Crippen LogP contribution in [0.2, 0.25) is 0 Å². The first kappa shape index (κ1) is 11.4. The maximum absolute atomic E-state index is 12.0. The van der Waals surface area contributed by atoms with Crippen LogP contribution < -0.4 is 4.72 Å². The molecular weight excluding hydrogens is 210 g/mol. The molecule has 0 aromatic heterocycles. The number of sulfonamides is 1. The van der Waals surface area contributed by atoms with Gasteiger partial charge in [0.05, 0.1) is 5.25 Å². The Kier molecular flexibility index (Phi) is 3.08. The van der Waals surface area contributed by atoms with Gasteiger partial charge in [0, 0.05) is 0 Å². The van der Waals surface area contributed by atoms with Gasteiger partial charge in [-0.2, -0.15) is 0 Å². The molecule has 0 bridgehead atoms. The van der Waals surface area contributed by atoms with Crippen molar-refractivity contribution in [3.8, 4) is 0 Å². The van der Waals surface area contributed by atoms with Gasteiger partial charge in [-0.3, -0.25) is 0 Å². The molecule has 0 aliphatic heterocycles. The van der Waals surface area contributed by atoms with E-state index in [1.54, 1.807) is 7.05 Å². The molecule has 2 saturated carbocycles. The van der Waals surface area contributed by atoms with Gasteiger partial charge in [0.25, 0.3) is 0 Å². The van der Waals surface area contributed by atoms with E-state index in [1.165, 1.54) is 19.3 Å². The van der Waals surface area contributed by atoms with Gasteiger partial charge in [0.15, 0.2) is 0 Å². The van der Waals surface area contributed by atoms with Crippen LogP contribution in [0.25, 0.3) is 0 Å². The molecule has 88 valence electrons. The molecule has 4 heteroatoms. The van der Waals surface area contributed by atoms with Crippen LogP contribution in [0.4, 0.5) is 0 Å². The summed E-state index contributed by atoms with van der Waals surface area (Å²) in [5.74, 6) is 0. The Morgan fingerprint density at radius 2 is 1.60 bits per heavy atom. The van der Waals surface area contributed by atoms with Crippen LogP contribution in [-0.4, -0.2) is 20.7 Å². The summed E-state index contributed by atoms with van der Waals surface area (Å²) in [6, 6.07) is 0. The zero-order valence-electron chi connectivity index (χ0n) is 9.46. The van der Waals surface area contributed by atoms with E-state index in [9.17, 15) is 8.42 Å². The van der Waals surface area contributed by atoms with Gasteiger partial charge in [0.2, 0.25) is 10.0 Å². The smallest absolute Gasteiger partial charge is 0.214 e. The van der Waals surface area contributed by atoms with Crippen molar-refractivity contribution < 1.29 is 8.42 Å². The normalized spacial score (nSPS) is 30.9. The van der Waals surface area contributed by atoms with E-state index >= 15 is 0 Å².